The van der Waals surface area contributed by atoms with Crippen molar-refractivity contribution in [2.45, 2.75) is 13.0 Å². The van der Waals surface area contributed by atoms with E-state index in [0.29, 0.717) is 10.9 Å². The molecule has 3 aromatic rings. The molecule has 0 bridgehead atoms. The van der Waals surface area contributed by atoms with E-state index in [-0.39, 0.29) is 11.5 Å². The van der Waals surface area contributed by atoms with Crippen LogP contribution in [0.2, 0.25) is 0 Å². The Labute approximate surface area is 140 Å². The molecule has 0 aliphatic heterocycles. The molecule has 116 valence electrons. The molecule has 6 heteroatoms. The van der Waals surface area contributed by atoms with E-state index in [1.165, 1.54) is 0 Å². The lowest BCUT2D eigenvalue weighted by atomic mass is 10.1. The van der Waals surface area contributed by atoms with Crippen molar-refractivity contribution >= 4 is 38.6 Å². The van der Waals surface area contributed by atoms with Crippen LogP contribution in [0.25, 0.3) is 10.9 Å². The fraction of sp³-hybridized carbons (Fsp3) is 0.118. The zero-order valence-electron chi connectivity index (χ0n) is 12.2. The minimum atomic E-state index is -0.890. The van der Waals surface area contributed by atoms with E-state index in [1.54, 1.807) is 37.3 Å². The van der Waals surface area contributed by atoms with Gasteiger partial charge in [0.1, 0.15) is 0 Å². The Morgan fingerprint density at radius 3 is 2.57 bits per heavy atom. The van der Waals surface area contributed by atoms with Gasteiger partial charge in [0.05, 0.1) is 5.52 Å². The highest BCUT2D eigenvalue weighted by Crippen LogP contribution is 2.18. The van der Waals surface area contributed by atoms with Crippen LogP contribution in [0.3, 0.4) is 0 Å². The Hall–Kier alpha value is -2.47. The van der Waals surface area contributed by atoms with E-state index in [2.05, 4.69) is 26.1 Å². The number of ketones is 1. The van der Waals surface area contributed by atoms with Crippen LogP contribution in [0.5, 0.6) is 0 Å². The molecule has 0 fully saturated rings. The molecule has 0 saturated carbocycles. The SMILES string of the molecule is C[C@@H](OC(=O)c1n[nH]c2ccccc12)C(=O)c1ccc(Br)cc1. The van der Waals surface area contributed by atoms with Crippen LogP contribution in [0.1, 0.15) is 27.8 Å². The summed E-state index contributed by atoms with van der Waals surface area (Å²) < 4.78 is 6.14. The molecule has 3 rings (SSSR count). The first kappa shape index (κ1) is 15.4. The van der Waals surface area contributed by atoms with Gasteiger partial charge in [0.25, 0.3) is 0 Å². The third-order valence-corrected chi connectivity index (χ3v) is 3.97. The lowest BCUT2D eigenvalue weighted by molar-refractivity contribution is 0.0315. The number of H-pyrrole nitrogens is 1. The van der Waals surface area contributed by atoms with Gasteiger partial charge < -0.3 is 4.74 Å². The first-order chi connectivity index (χ1) is 11.1. The highest BCUT2D eigenvalue weighted by Gasteiger charge is 2.23. The summed E-state index contributed by atoms with van der Waals surface area (Å²) in [6.45, 7) is 1.55. The maximum Gasteiger partial charge on any atom is 0.360 e. The van der Waals surface area contributed by atoms with Gasteiger partial charge in [-0.05, 0) is 25.1 Å². The average Bonchev–Trinajstić information content (AvgIpc) is 2.99. The number of aromatic amines is 1. The highest BCUT2D eigenvalue weighted by molar-refractivity contribution is 9.10. The predicted molar refractivity (Wildman–Crippen MR) is 89.4 cm³/mol. The Kier molecular flexibility index (Phi) is 4.25. The number of aromatic nitrogens is 2. The number of hydrogen-bond acceptors (Lipinski definition) is 4. The maximum atomic E-state index is 12.3. The summed E-state index contributed by atoms with van der Waals surface area (Å²) in [7, 11) is 0. The number of nitrogens with one attached hydrogen (secondary N) is 1. The standard InChI is InChI=1S/C17H13BrN2O3/c1-10(16(21)11-6-8-12(18)9-7-11)23-17(22)15-13-4-2-3-5-14(13)19-20-15/h2-10H,1H3,(H,19,20)/t10-/m1/s1. The zero-order chi connectivity index (χ0) is 16.4. The number of halogens is 1. The summed E-state index contributed by atoms with van der Waals surface area (Å²) in [6, 6.07) is 14.1. The average molecular weight is 373 g/mol. The Morgan fingerprint density at radius 1 is 1.13 bits per heavy atom. The number of ether oxygens (including phenoxy) is 1. The lowest BCUT2D eigenvalue weighted by Gasteiger charge is -2.11. The van der Waals surface area contributed by atoms with Gasteiger partial charge in [-0.3, -0.25) is 9.89 Å². The summed E-state index contributed by atoms with van der Waals surface area (Å²) in [5.74, 6) is -0.883. The van der Waals surface area contributed by atoms with Gasteiger partial charge in [-0.25, -0.2) is 4.79 Å². The van der Waals surface area contributed by atoms with Crippen molar-refractivity contribution < 1.29 is 14.3 Å². The molecule has 0 unspecified atom stereocenters. The second-order valence-corrected chi connectivity index (χ2v) is 5.95. The molecule has 1 heterocycles. The predicted octanol–water partition coefficient (Wildman–Crippen LogP) is 3.75. The van der Waals surface area contributed by atoms with Crippen LogP contribution in [0.15, 0.2) is 53.0 Å². The third kappa shape index (κ3) is 3.17. The van der Waals surface area contributed by atoms with E-state index < -0.39 is 12.1 Å². The van der Waals surface area contributed by atoms with Gasteiger partial charge in [-0.15, -0.1) is 0 Å². The van der Waals surface area contributed by atoms with Crippen LogP contribution in [-0.2, 0) is 4.74 Å². The van der Waals surface area contributed by atoms with Gasteiger partial charge in [-0.2, -0.15) is 5.10 Å². The quantitative estimate of drug-likeness (QED) is 0.559. The van der Waals surface area contributed by atoms with Crippen LogP contribution >= 0.6 is 15.9 Å². The second kappa shape index (κ2) is 6.34. The summed E-state index contributed by atoms with van der Waals surface area (Å²) in [6.07, 6.45) is -0.890. The van der Waals surface area contributed by atoms with Crippen molar-refractivity contribution in [3.05, 3.63) is 64.3 Å². The van der Waals surface area contributed by atoms with Crippen LogP contribution < -0.4 is 0 Å². The Balaban J connectivity index is 1.77. The molecule has 0 saturated heterocycles. The molecule has 0 aliphatic carbocycles. The number of carbonyl (C=O) groups is 2. The van der Waals surface area contributed by atoms with Gasteiger partial charge in [0.15, 0.2) is 11.8 Å². The van der Waals surface area contributed by atoms with E-state index in [9.17, 15) is 9.59 Å². The number of Topliss-reactive ketones (excluding diaryl/α,β-unsaturated/α-hetero) is 1. The Morgan fingerprint density at radius 2 is 1.83 bits per heavy atom. The van der Waals surface area contributed by atoms with Crippen molar-refractivity contribution in [2.24, 2.45) is 0 Å². The molecular formula is C17H13BrN2O3. The van der Waals surface area contributed by atoms with E-state index >= 15 is 0 Å². The first-order valence-corrected chi connectivity index (χ1v) is 7.79. The number of nitrogens with zero attached hydrogens (tertiary/aromatic N) is 1. The minimum Gasteiger partial charge on any atom is -0.449 e. The van der Waals surface area contributed by atoms with E-state index in [1.807, 2.05) is 18.2 Å². The van der Waals surface area contributed by atoms with Crippen LogP contribution in [-0.4, -0.2) is 28.1 Å². The molecule has 2 aromatic carbocycles. The van der Waals surface area contributed by atoms with Crippen molar-refractivity contribution in [3.8, 4) is 0 Å². The largest absolute Gasteiger partial charge is 0.449 e. The van der Waals surface area contributed by atoms with Crippen molar-refractivity contribution in [2.75, 3.05) is 0 Å². The molecule has 5 nitrogen and oxygen atoms in total. The summed E-state index contributed by atoms with van der Waals surface area (Å²) >= 11 is 3.31. The summed E-state index contributed by atoms with van der Waals surface area (Å²) in [4.78, 5) is 24.6. The van der Waals surface area contributed by atoms with Gasteiger partial charge in [0.2, 0.25) is 5.78 Å². The highest BCUT2D eigenvalue weighted by atomic mass is 79.9. The topological polar surface area (TPSA) is 72.0 Å². The molecule has 1 N–H and O–H groups in total. The third-order valence-electron chi connectivity index (χ3n) is 3.45. The van der Waals surface area contributed by atoms with Crippen LogP contribution in [0, 0.1) is 0 Å². The number of esters is 1. The van der Waals surface area contributed by atoms with Gasteiger partial charge >= 0.3 is 5.97 Å². The fourth-order valence-corrected chi connectivity index (χ4v) is 2.50. The van der Waals surface area contributed by atoms with Crippen molar-refractivity contribution in [3.63, 3.8) is 0 Å². The molecule has 0 amide bonds. The first-order valence-electron chi connectivity index (χ1n) is 7.00. The molecule has 0 radical (unpaired) electrons. The number of fused-ring (bicyclic) bond motifs is 1. The molecule has 0 spiro atoms. The number of rotatable bonds is 4. The van der Waals surface area contributed by atoms with Gasteiger partial charge in [0, 0.05) is 15.4 Å². The number of hydrogen-bond donors (Lipinski definition) is 1. The molecule has 1 atom stereocenters. The summed E-state index contributed by atoms with van der Waals surface area (Å²) in [5.41, 5.74) is 1.41. The number of carbonyl (C=O) groups excluding carboxylic acids is 2. The molecular weight excluding hydrogens is 360 g/mol. The minimum absolute atomic E-state index is 0.177. The summed E-state index contributed by atoms with van der Waals surface area (Å²) in [5, 5.41) is 7.41. The molecule has 0 aliphatic rings. The fourth-order valence-electron chi connectivity index (χ4n) is 2.24. The van der Waals surface area contributed by atoms with E-state index in [4.69, 9.17) is 4.74 Å². The zero-order valence-corrected chi connectivity index (χ0v) is 13.8. The second-order valence-electron chi connectivity index (χ2n) is 5.04. The van der Waals surface area contributed by atoms with Crippen molar-refractivity contribution in [1.29, 1.82) is 0 Å². The van der Waals surface area contributed by atoms with Gasteiger partial charge in [-0.1, -0.05) is 46.3 Å². The molecule has 1 aromatic heterocycles. The van der Waals surface area contributed by atoms with E-state index in [0.717, 1.165) is 9.99 Å². The smallest absolute Gasteiger partial charge is 0.360 e. The normalized spacial score (nSPS) is 12.1. The lowest BCUT2D eigenvalue weighted by Crippen LogP contribution is -2.24. The molecule has 23 heavy (non-hydrogen) atoms. The monoisotopic (exact) mass is 372 g/mol. The number of para-hydroxylation sites is 1. The van der Waals surface area contributed by atoms with Crippen molar-refractivity contribution in [1.82, 2.24) is 10.2 Å². The number of benzene rings is 2. The maximum absolute atomic E-state index is 12.3. The van der Waals surface area contributed by atoms with Crippen LogP contribution in [0.4, 0.5) is 0 Å². The Bertz CT molecular complexity index is 871.